The molecule has 0 aliphatic carbocycles. The predicted molar refractivity (Wildman–Crippen MR) is 57.0 cm³/mol. The van der Waals surface area contributed by atoms with Crippen LogP contribution in [0.4, 0.5) is 13.2 Å². The van der Waals surface area contributed by atoms with E-state index < -0.39 is 5.51 Å². The van der Waals surface area contributed by atoms with Gasteiger partial charge >= 0.3 is 5.51 Å². The van der Waals surface area contributed by atoms with E-state index in [1.54, 1.807) is 0 Å². The summed E-state index contributed by atoms with van der Waals surface area (Å²) < 4.78 is 35.6. The number of thioether (sulfide) groups is 1. The molecule has 0 aromatic heterocycles. The van der Waals surface area contributed by atoms with Crippen LogP contribution < -0.4 is 0 Å². The fraction of sp³-hybridized carbons (Fsp3) is 0.889. The first kappa shape index (κ1) is 13.6. The number of halogens is 3. The van der Waals surface area contributed by atoms with Gasteiger partial charge in [0.25, 0.3) is 0 Å². The molecule has 1 aliphatic rings. The Morgan fingerprint density at radius 3 is 2.19 bits per heavy atom. The van der Waals surface area contributed by atoms with E-state index in [-0.39, 0.29) is 17.5 Å². The van der Waals surface area contributed by atoms with Gasteiger partial charge in [-0.2, -0.15) is 18.4 Å². The largest absolute Gasteiger partial charge is 0.441 e. The summed E-state index contributed by atoms with van der Waals surface area (Å²) in [5, 5.41) is 8.48. The van der Waals surface area contributed by atoms with Crippen LogP contribution in [0.25, 0.3) is 0 Å². The van der Waals surface area contributed by atoms with Gasteiger partial charge in [-0.1, -0.05) is 0 Å². The maximum atomic E-state index is 11.9. The first-order valence-corrected chi connectivity index (χ1v) is 6.02. The van der Waals surface area contributed by atoms with Crippen molar-refractivity contribution < 1.29 is 13.2 Å². The molecule has 0 bridgehead atoms. The van der Waals surface area contributed by atoms with Crippen molar-refractivity contribution in [2.24, 2.45) is 0 Å². The quantitative estimate of drug-likeness (QED) is 0.708. The van der Waals surface area contributed by atoms with Crippen LogP contribution in [0.15, 0.2) is 0 Å². The van der Waals surface area contributed by atoms with Gasteiger partial charge in [-0.3, -0.25) is 9.80 Å². The van der Waals surface area contributed by atoms with E-state index in [1.807, 2.05) is 9.80 Å². The van der Waals surface area contributed by atoms with Crippen molar-refractivity contribution in [1.82, 2.24) is 9.80 Å². The molecule has 1 fully saturated rings. The summed E-state index contributed by atoms with van der Waals surface area (Å²) in [4.78, 5) is 4.01. The lowest BCUT2D eigenvalue weighted by molar-refractivity contribution is -0.0329. The minimum Gasteiger partial charge on any atom is -0.300 e. The monoisotopic (exact) mass is 253 g/mol. The molecule has 0 spiro atoms. The molecule has 1 heterocycles. The highest BCUT2D eigenvalue weighted by molar-refractivity contribution is 8.00. The van der Waals surface area contributed by atoms with Crippen molar-refractivity contribution in [3.63, 3.8) is 0 Å². The van der Waals surface area contributed by atoms with Gasteiger partial charge in [0.15, 0.2) is 0 Å². The van der Waals surface area contributed by atoms with Gasteiger partial charge in [-0.25, -0.2) is 0 Å². The molecule has 1 aliphatic heterocycles. The molecule has 0 aromatic carbocycles. The van der Waals surface area contributed by atoms with Crippen LogP contribution in [-0.2, 0) is 0 Å². The molecule has 0 atom stereocenters. The Balaban J connectivity index is 2.11. The number of nitrogens with zero attached hydrogens (tertiary/aromatic N) is 3. The van der Waals surface area contributed by atoms with Crippen molar-refractivity contribution in [2.75, 3.05) is 45.0 Å². The van der Waals surface area contributed by atoms with Crippen molar-refractivity contribution in [3.05, 3.63) is 0 Å². The van der Waals surface area contributed by atoms with Gasteiger partial charge in [0, 0.05) is 38.5 Å². The predicted octanol–water partition coefficient (Wildman–Crippen LogP) is 1.38. The van der Waals surface area contributed by atoms with Gasteiger partial charge < -0.3 is 0 Å². The molecule has 1 saturated heterocycles. The lowest BCUT2D eigenvalue weighted by Crippen LogP contribution is -2.47. The molecule has 0 saturated carbocycles. The van der Waals surface area contributed by atoms with Crippen LogP contribution in [0.2, 0.25) is 0 Å². The van der Waals surface area contributed by atoms with E-state index in [0.717, 1.165) is 26.2 Å². The third kappa shape index (κ3) is 5.58. The van der Waals surface area contributed by atoms with E-state index in [1.165, 1.54) is 0 Å². The lowest BCUT2D eigenvalue weighted by Gasteiger charge is -2.33. The standard InChI is InChI=1S/C9H14F3N3S/c10-9(11,12)16-8-7-15-5-3-14(2-1-13)4-6-15/h2-8H2. The van der Waals surface area contributed by atoms with Gasteiger partial charge in [0.2, 0.25) is 0 Å². The highest BCUT2D eigenvalue weighted by Crippen LogP contribution is 2.29. The Hall–Kier alpha value is -0.450. The maximum absolute atomic E-state index is 11.9. The van der Waals surface area contributed by atoms with Crippen LogP contribution in [0.5, 0.6) is 0 Å². The highest BCUT2D eigenvalue weighted by atomic mass is 32.2. The number of nitriles is 1. The second kappa shape index (κ2) is 6.33. The molecule has 0 amide bonds. The zero-order valence-corrected chi connectivity index (χ0v) is 9.65. The highest BCUT2D eigenvalue weighted by Gasteiger charge is 2.28. The Labute approximate surface area is 97.2 Å². The first-order chi connectivity index (χ1) is 7.51. The minimum atomic E-state index is -4.12. The average Bonchev–Trinajstić information content (AvgIpc) is 2.19. The van der Waals surface area contributed by atoms with Crippen LogP contribution in [0.1, 0.15) is 0 Å². The van der Waals surface area contributed by atoms with Gasteiger partial charge in [-0.05, 0) is 11.8 Å². The van der Waals surface area contributed by atoms with E-state index in [0.29, 0.717) is 13.1 Å². The van der Waals surface area contributed by atoms with Crippen molar-refractivity contribution in [3.8, 4) is 6.07 Å². The summed E-state index contributed by atoms with van der Waals surface area (Å²) >= 11 is 0.0307. The maximum Gasteiger partial charge on any atom is 0.441 e. The summed E-state index contributed by atoms with van der Waals surface area (Å²) in [5.41, 5.74) is -4.12. The number of alkyl halides is 3. The Kier molecular flexibility index (Phi) is 5.38. The lowest BCUT2D eigenvalue weighted by atomic mass is 10.3. The molecule has 1 rings (SSSR count). The van der Waals surface area contributed by atoms with Crippen LogP contribution in [0, 0.1) is 11.3 Å². The molecule has 7 heteroatoms. The summed E-state index contributed by atoms with van der Waals surface area (Å²) in [6.45, 7) is 3.91. The van der Waals surface area contributed by atoms with Gasteiger partial charge in [-0.15, -0.1) is 0 Å². The minimum absolute atomic E-state index is 0.0307. The van der Waals surface area contributed by atoms with E-state index in [9.17, 15) is 13.2 Å². The number of piperazine rings is 1. The van der Waals surface area contributed by atoms with Crippen LogP contribution >= 0.6 is 11.8 Å². The molecule has 0 N–H and O–H groups in total. The normalized spacial score (nSPS) is 19.6. The third-order valence-corrected chi connectivity index (χ3v) is 3.15. The topological polar surface area (TPSA) is 30.3 Å². The fourth-order valence-corrected chi connectivity index (χ4v) is 2.14. The molecule has 3 nitrogen and oxygen atoms in total. The van der Waals surface area contributed by atoms with Crippen molar-refractivity contribution >= 4 is 11.8 Å². The molecular weight excluding hydrogens is 239 g/mol. The van der Waals surface area contributed by atoms with Gasteiger partial charge in [0.05, 0.1) is 12.6 Å². The molecule has 0 radical (unpaired) electrons. The average molecular weight is 253 g/mol. The fourth-order valence-electron chi connectivity index (χ4n) is 1.56. The number of hydrogen-bond acceptors (Lipinski definition) is 4. The molecule has 0 aromatic rings. The molecule has 92 valence electrons. The second-order valence-corrected chi connectivity index (χ2v) is 4.73. The Morgan fingerprint density at radius 1 is 1.12 bits per heavy atom. The molecular formula is C9H14F3N3S. The Morgan fingerprint density at radius 2 is 1.69 bits per heavy atom. The summed E-state index contributed by atoms with van der Waals surface area (Å²) in [5.74, 6) is 0.0851. The van der Waals surface area contributed by atoms with E-state index in [2.05, 4.69) is 6.07 Å². The van der Waals surface area contributed by atoms with E-state index >= 15 is 0 Å². The van der Waals surface area contributed by atoms with Crippen LogP contribution in [-0.4, -0.2) is 60.3 Å². The molecule has 0 unspecified atom stereocenters. The Bertz CT molecular complexity index is 243. The van der Waals surface area contributed by atoms with E-state index in [4.69, 9.17) is 5.26 Å². The second-order valence-electron chi connectivity index (χ2n) is 3.57. The van der Waals surface area contributed by atoms with Crippen molar-refractivity contribution in [2.45, 2.75) is 5.51 Å². The zero-order valence-electron chi connectivity index (χ0n) is 8.83. The summed E-state index contributed by atoms with van der Waals surface area (Å²) in [7, 11) is 0. The zero-order chi connectivity index (χ0) is 12.0. The smallest absolute Gasteiger partial charge is 0.300 e. The molecule has 16 heavy (non-hydrogen) atoms. The summed E-state index contributed by atoms with van der Waals surface area (Å²) in [6.07, 6.45) is 0. The van der Waals surface area contributed by atoms with Crippen LogP contribution in [0.3, 0.4) is 0 Å². The SMILES string of the molecule is N#CCN1CCN(CCSC(F)(F)F)CC1. The number of rotatable bonds is 4. The van der Waals surface area contributed by atoms with Crippen molar-refractivity contribution in [1.29, 1.82) is 5.26 Å². The third-order valence-electron chi connectivity index (χ3n) is 2.43. The first-order valence-electron chi connectivity index (χ1n) is 5.03. The number of hydrogen-bond donors (Lipinski definition) is 0. The van der Waals surface area contributed by atoms with Gasteiger partial charge in [0.1, 0.15) is 0 Å². The summed E-state index contributed by atoms with van der Waals surface area (Å²) in [6, 6.07) is 2.07.